The van der Waals surface area contributed by atoms with Crippen LogP contribution in [0.4, 0.5) is 0 Å². The third-order valence-corrected chi connectivity index (χ3v) is 3.33. The van der Waals surface area contributed by atoms with Crippen LogP contribution >= 0.6 is 0 Å². The maximum Gasteiger partial charge on any atom is 0.308 e. The molecule has 5 nitrogen and oxygen atoms in total. The average Bonchev–Trinajstić information content (AvgIpc) is 2.41. The summed E-state index contributed by atoms with van der Waals surface area (Å²) in [6, 6.07) is 0. The van der Waals surface area contributed by atoms with Gasteiger partial charge in [0, 0.05) is 18.8 Å². The van der Waals surface area contributed by atoms with Crippen LogP contribution in [-0.2, 0) is 14.3 Å². The van der Waals surface area contributed by atoms with Crippen molar-refractivity contribution in [1.82, 2.24) is 0 Å². The predicted octanol–water partition coefficient (Wildman–Crippen LogP) is 2.30. The summed E-state index contributed by atoms with van der Waals surface area (Å²) in [6.07, 6.45) is 8.17. The molecule has 5 heteroatoms. The van der Waals surface area contributed by atoms with Crippen molar-refractivity contribution < 1.29 is 24.5 Å². The Balaban J connectivity index is 3.35. The van der Waals surface area contributed by atoms with Crippen molar-refractivity contribution in [3.63, 3.8) is 0 Å². The van der Waals surface area contributed by atoms with Crippen LogP contribution in [-0.4, -0.2) is 23.3 Å². The van der Waals surface area contributed by atoms with E-state index in [1.807, 2.05) is 0 Å². The van der Waals surface area contributed by atoms with Gasteiger partial charge in [-0.3, -0.25) is 4.79 Å². The second-order valence-electron chi connectivity index (χ2n) is 5.43. The maximum absolute atomic E-state index is 11.4. The first kappa shape index (κ1) is 19.9. The quantitative estimate of drug-likeness (QED) is 0.302. The molecule has 0 aliphatic rings. The van der Waals surface area contributed by atoms with Gasteiger partial charge in [-0.05, 0) is 25.7 Å². The highest BCUT2D eigenvalue weighted by Gasteiger charge is 2.10. The number of carbonyl (C=O) groups excluding carboxylic acids is 2. The van der Waals surface area contributed by atoms with Gasteiger partial charge in [-0.2, -0.15) is 0 Å². The second-order valence-corrected chi connectivity index (χ2v) is 5.43. The highest BCUT2D eigenvalue weighted by molar-refractivity contribution is 5.69. The zero-order valence-corrected chi connectivity index (χ0v) is 13.1. The van der Waals surface area contributed by atoms with Crippen molar-refractivity contribution >= 4 is 11.9 Å². The van der Waals surface area contributed by atoms with Gasteiger partial charge in [-0.1, -0.05) is 45.4 Å². The zero-order valence-electron chi connectivity index (χ0n) is 13.1. The molecule has 0 rings (SSSR count). The average molecular weight is 301 g/mol. The molecule has 0 aromatic rings. The topological polar surface area (TPSA) is 86.7 Å². The molecule has 1 N–H and O–H groups in total. The lowest BCUT2D eigenvalue weighted by molar-refractivity contribution is -0.305. The van der Waals surface area contributed by atoms with Crippen molar-refractivity contribution in [1.29, 1.82) is 0 Å². The van der Waals surface area contributed by atoms with Crippen LogP contribution in [0.25, 0.3) is 0 Å². The number of hydrogen-bond donors (Lipinski definition) is 1. The Bertz CT molecular complexity index is 278. The van der Waals surface area contributed by atoms with Crippen LogP contribution in [0, 0.1) is 0 Å². The van der Waals surface area contributed by atoms with E-state index in [0.29, 0.717) is 19.3 Å². The third kappa shape index (κ3) is 15.1. The number of hydrogen-bond acceptors (Lipinski definition) is 5. The first-order chi connectivity index (χ1) is 10.1. The van der Waals surface area contributed by atoms with Gasteiger partial charge < -0.3 is 19.7 Å². The van der Waals surface area contributed by atoms with Crippen LogP contribution in [0.3, 0.4) is 0 Å². The first-order valence-corrected chi connectivity index (χ1v) is 8.13. The lowest BCUT2D eigenvalue weighted by atomic mass is 10.1. The summed E-state index contributed by atoms with van der Waals surface area (Å²) < 4.78 is 4.91. The molecule has 0 heterocycles. The van der Waals surface area contributed by atoms with Gasteiger partial charge in [0.25, 0.3) is 0 Å². The van der Waals surface area contributed by atoms with Crippen molar-refractivity contribution in [3.05, 3.63) is 0 Å². The minimum absolute atomic E-state index is 0.127. The molecule has 0 spiro atoms. The number of rotatable bonds is 14. The van der Waals surface area contributed by atoms with Crippen molar-refractivity contribution in [2.45, 2.75) is 90.3 Å². The molecule has 0 radical (unpaired) electrons. The number of carboxylic acids is 1. The molecule has 0 bridgehead atoms. The fraction of sp³-hybridized carbons (Fsp3) is 0.875. The number of aliphatic hydroxyl groups excluding tert-OH is 1. The van der Waals surface area contributed by atoms with E-state index in [1.165, 1.54) is 0 Å². The molecule has 124 valence electrons. The molecule has 0 amide bonds. The number of carbonyl (C=O) groups is 2. The minimum Gasteiger partial charge on any atom is -0.550 e. The Morgan fingerprint density at radius 1 is 0.952 bits per heavy atom. The van der Waals surface area contributed by atoms with E-state index in [0.717, 1.165) is 51.4 Å². The van der Waals surface area contributed by atoms with E-state index < -0.39 is 12.3 Å². The van der Waals surface area contributed by atoms with E-state index in [-0.39, 0.29) is 12.4 Å². The van der Waals surface area contributed by atoms with Crippen molar-refractivity contribution in [2.24, 2.45) is 0 Å². The summed E-state index contributed by atoms with van der Waals surface area (Å²) in [6.45, 7) is 2.08. The SMILES string of the molecule is CCCCCC(O)OC(=O)CCCCCCCCC(=O)[O-]. The summed E-state index contributed by atoms with van der Waals surface area (Å²) in [4.78, 5) is 21.6. The molecular formula is C16H29O5-. The monoisotopic (exact) mass is 301 g/mol. The zero-order chi connectivity index (χ0) is 15.9. The van der Waals surface area contributed by atoms with E-state index in [1.54, 1.807) is 0 Å². The normalized spacial score (nSPS) is 12.1. The molecular weight excluding hydrogens is 272 g/mol. The van der Waals surface area contributed by atoms with Crippen LogP contribution < -0.4 is 5.11 Å². The molecule has 0 aromatic carbocycles. The molecule has 0 aromatic heterocycles. The van der Waals surface area contributed by atoms with Crippen LogP contribution in [0.15, 0.2) is 0 Å². The summed E-state index contributed by atoms with van der Waals surface area (Å²) in [7, 11) is 0. The van der Waals surface area contributed by atoms with Gasteiger partial charge in [-0.25, -0.2) is 0 Å². The molecule has 0 saturated heterocycles. The molecule has 1 unspecified atom stereocenters. The summed E-state index contributed by atoms with van der Waals surface area (Å²) in [5.74, 6) is -1.33. The number of ether oxygens (including phenoxy) is 1. The van der Waals surface area contributed by atoms with Gasteiger partial charge in [0.05, 0.1) is 0 Å². The summed E-state index contributed by atoms with van der Waals surface area (Å²) >= 11 is 0. The molecule has 0 saturated carbocycles. The van der Waals surface area contributed by atoms with Gasteiger partial charge >= 0.3 is 5.97 Å². The molecule has 21 heavy (non-hydrogen) atoms. The fourth-order valence-electron chi connectivity index (χ4n) is 2.08. The Morgan fingerprint density at radius 2 is 1.52 bits per heavy atom. The number of carboxylic acid groups (broad SMARTS) is 1. The lowest BCUT2D eigenvalue weighted by Gasteiger charge is -2.11. The van der Waals surface area contributed by atoms with Crippen LogP contribution in [0.1, 0.15) is 84.0 Å². The minimum atomic E-state index is -0.991. The van der Waals surface area contributed by atoms with Gasteiger partial charge in [-0.15, -0.1) is 0 Å². The van der Waals surface area contributed by atoms with Crippen molar-refractivity contribution in [2.75, 3.05) is 0 Å². The van der Waals surface area contributed by atoms with Gasteiger partial charge in [0.15, 0.2) is 0 Å². The Labute approximate surface area is 127 Å². The maximum atomic E-state index is 11.4. The predicted molar refractivity (Wildman–Crippen MR) is 78.2 cm³/mol. The summed E-state index contributed by atoms with van der Waals surface area (Å²) in [5.41, 5.74) is 0. The number of aliphatic hydroxyl groups is 1. The Morgan fingerprint density at radius 3 is 2.10 bits per heavy atom. The highest BCUT2D eigenvalue weighted by Crippen LogP contribution is 2.10. The van der Waals surface area contributed by atoms with E-state index in [4.69, 9.17) is 4.74 Å². The molecule has 1 atom stereocenters. The molecule has 0 aliphatic carbocycles. The van der Waals surface area contributed by atoms with E-state index >= 15 is 0 Å². The number of unbranched alkanes of at least 4 members (excludes halogenated alkanes) is 7. The van der Waals surface area contributed by atoms with Gasteiger partial charge in [0.1, 0.15) is 0 Å². The Hall–Kier alpha value is -1.10. The second kappa shape index (κ2) is 13.9. The van der Waals surface area contributed by atoms with E-state index in [9.17, 15) is 19.8 Å². The largest absolute Gasteiger partial charge is 0.550 e. The first-order valence-electron chi connectivity index (χ1n) is 8.13. The Kier molecular flexibility index (Phi) is 13.1. The third-order valence-electron chi connectivity index (χ3n) is 3.33. The summed E-state index contributed by atoms with van der Waals surface area (Å²) in [5, 5.41) is 19.7. The van der Waals surface area contributed by atoms with E-state index in [2.05, 4.69) is 6.92 Å². The number of aliphatic carboxylic acids is 1. The van der Waals surface area contributed by atoms with Crippen molar-refractivity contribution in [3.8, 4) is 0 Å². The highest BCUT2D eigenvalue weighted by atomic mass is 16.6. The van der Waals surface area contributed by atoms with Crippen LogP contribution in [0.5, 0.6) is 0 Å². The van der Waals surface area contributed by atoms with Gasteiger partial charge in [0.2, 0.25) is 6.29 Å². The molecule has 0 fully saturated rings. The smallest absolute Gasteiger partial charge is 0.308 e. The standard InChI is InChI=1S/C16H30O5/c1-2-3-8-12-15(19)21-16(20)13-10-7-5-4-6-9-11-14(17)18/h15,19H,2-13H2,1H3,(H,17,18)/p-1. The molecule has 0 aliphatic heterocycles. The number of esters is 1. The fourth-order valence-corrected chi connectivity index (χ4v) is 2.08. The lowest BCUT2D eigenvalue weighted by Crippen LogP contribution is -2.21. The van der Waals surface area contributed by atoms with Crippen LogP contribution in [0.2, 0.25) is 0 Å².